The molecule has 0 fully saturated rings. The molecule has 0 unspecified atom stereocenters. The Morgan fingerprint density at radius 1 is 1.26 bits per heavy atom. The van der Waals surface area contributed by atoms with Gasteiger partial charge >= 0.3 is 0 Å². The fraction of sp³-hybridized carbons (Fsp3) is 0.500. The lowest BCUT2D eigenvalue weighted by Gasteiger charge is -2.27. The second-order valence-corrected chi connectivity index (χ2v) is 5.39. The van der Waals surface area contributed by atoms with Crippen molar-refractivity contribution in [3.63, 3.8) is 0 Å². The number of aryl methyl sites for hydroxylation is 2. The number of ketones is 1. The summed E-state index contributed by atoms with van der Waals surface area (Å²) in [5.41, 5.74) is 1.54. The van der Waals surface area contributed by atoms with Gasteiger partial charge in [0.2, 0.25) is 0 Å². The molecule has 0 aliphatic rings. The molecule has 0 saturated heterocycles. The Bertz CT molecular complexity index is 464. The van der Waals surface area contributed by atoms with Gasteiger partial charge in [0.05, 0.1) is 0 Å². The van der Waals surface area contributed by atoms with Gasteiger partial charge in [-0.25, -0.2) is 0 Å². The van der Waals surface area contributed by atoms with E-state index in [9.17, 15) is 9.59 Å². The second-order valence-electron chi connectivity index (χ2n) is 5.39. The average molecular weight is 262 g/mol. The van der Waals surface area contributed by atoms with Crippen molar-refractivity contribution in [1.82, 2.24) is 0 Å². The first-order valence-corrected chi connectivity index (χ1v) is 6.60. The van der Waals surface area contributed by atoms with E-state index in [1.54, 1.807) is 26.0 Å². The van der Waals surface area contributed by atoms with Crippen molar-refractivity contribution >= 4 is 12.1 Å². The minimum absolute atomic E-state index is 0.0910. The molecule has 19 heavy (non-hydrogen) atoms. The number of Topliss-reactive ketones (excluding diaryl/α,β-unsaturated/α-hetero) is 1. The third kappa shape index (κ3) is 3.66. The monoisotopic (exact) mass is 262 g/mol. The molecule has 0 N–H and O–H groups in total. The van der Waals surface area contributed by atoms with Crippen LogP contribution in [0.4, 0.5) is 0 Å². The summed E-state index contributed by atoms with van der Waals surface area (Å²) in [5, 5.41) is 0. The van der Waals surface area contributed by atoms with Gasteiger partial charge in [-0.15, -0.1) is 0 Å². The zero-order chi connectivity index (χ0) is 14.6. The summed E-state index contributed by atoms with van der Waals surface area (Å²) in [6, 6.07) is 3.55. The van der Waals surface area contributed by atoms with Crippen molar-refractivity contribution in [2.24, 2.45) is 0 Å². The molecular formula is C16H22O3. The van der Waals surface area contributed by atoms with Gasteiger partial charge in [-0.2, -0.15) is 0 Å². The third-order valence-corrected chi connectivity index (χ3v) is 3.12. The number of carbonyl (C=O) groups excluding carboxylic acids is 2. The van der Waals surface area contributed by atoms with Crippen LogP contribution in [0.2, 0.25) is 0 Å². The fourth-order valence-electron chi connectivity index (χ4n) is 2.05. The quantitative estimate of drug-likeness (QED) is 0.735. The maximum Gasteiger partial charge on any atom is 0.175 e. The molecule has 0 aliphatic heterocycles. The summed E-state index contributed by atoms with van der Waals surface area (Å²) in [5.74, 6) is 0.785. The van der Waals surface area contributed by atoms with Crippen molar-refractivity contribution in [3.8, 4) is 5.75 Å². The van der Waals surface area contributed by atoms with Crippen LogP contribution in [0.5, 0.6) is 5.75 Å². The average Bonchev–Trinajstić information content (AvgIpc) is 2.33. The Balaban J connectivity index is 3.05. The molecule has 0 aliphatic carbocycles. The second kappa shape index (κ2) is 6.00. The summed E-state index contributed by atoms with van der Waals surface area (Å²) < 4.78 is 5.91. The molecule has 3 nitrogen and oxygen atoms in total. The van der Waals surface area contributed by atoms with Gasteiger partial charge in [0, 0.05) is 12.0 Å². The van der Waals surface area contributed by atoms with Crippen LogP contribution in [-0.4, -0.2) is 17.7 Å². The fourth-order valence-corrected chi connectivity index (χ4v) is 2.05. The highest BCUT2D eigenvalue weighted by molar-refractivity contribution is 5.87. The molecule has 1 aromatic carbocycles. The van der Waals surface area contributed by atoms with Crippen LogP contribution >= 0.6 is 0 Å². The topological polar surface area (TPSA) is 43.4 Å². The summed E-state index contributed by atoms with van der Waals surface area (Å²) in [4.78, 5) is 22.8. The van der Waals surface area contributed by atoms with Gasteiger partial charge in [0.15, 0.2) is 11.4 Å². The smallest absolute Gasteiger partial charge is 0.175 e. The zero-order valence-electron chi connectivity index (χ0n) is 12.4. The molecule has 1 rings (SSSR count). The first-order chi connectivity index (χ1) is 8.81. The Morgan fingerprint density at radius 2 is 1.79 bits per heavy atom. The number of aldehydes is 1. The van der Waals surface area contributed by atoms with Crippen LogP contribution in [-0.2, 0) is 4.79 Å². The summed E-state index contributed by atoms with van der Waals surface area (Å²) in [6.07, 6.45) is 2.14. The Hall–Kier alpha value is -1.64. The van der Waals surface area contributed by atoms with E-state index in [1.807, 2.05) is 20.8 Å². The Labute approximate surface area is 115 Å². The standard InChI is InChI=1S/C16H22O3/c1-6-7-14(18)16(4,5)19-15-11(2)8-13(10-17)9-12(15)3/h8-10H,6-7H2,1-5H3. The molecule has 0 saturated carbocycles. The Kier molecular flexibility index (Phi) is 4.87. The number of carbonyl (C=O) groups is 2. The molecule has 0 bridgehead atoms. The van der Waals surface area contributed by atoms with Crippen molar-refractivity contribution in [1.29, 1.82) is 0 Å². The third-order valence-electron chi connectivity index (χ3n) is 3.12. The molecule has 1 aromatic rings. The van der Waals surface area contributed by atoms with Gasteiger partial charge in [-0.1, -0.05) is 6.92 Å². The molecule has 104 valence electrons. The van der Waals surface area contributed by atoms with Crippen LogP contribution in [0.3, 0.4) is 0 Å². The maximum absolute atomic E-state index is 12.0. The normalized spacial score (nSPS) is 11.2. The SMILES string of the molecule is CCCC(=O)C(C)(C)Oc1c(C)cc(C=O)cc1C. The van der Waals surface area contributed by atoms with Gasteiger partial charge in [-0.05, 0) is 57.4 Å². The van der Waals surface area contributed by atoms with Gasteiger partial charge in [-0.3, -0.25) is 9.59 Å². The van der Waals surface area contributed by atoms with Gasteiger partial charge < -0.3 is 4.74 Å². The lowest BCUT2D eigenvalue weighted by atomic mass is 9.98. The minimum atomic E-state index is -0.839. The van der Waals surface area contributed by atoms with E-state index in [0.717, 1.165) is 23.8 Å². The van der Waals surface area contributed by atoms with E-state index in [-0.39, 0.29) is 5.78 Å². The Morgan fingerprint density at radius 3 is 2.21 bits per heavy atom. The highest BCUT2D eigenvalue weighted by Crippen LogP contribution is 2.29. The highest BCUT2D eigenvalue weighted by atomic mass is 16.5. The minimum Gasteiger partial charge on any atom is -0.480 e. The van der Waals surface area contributed by atoms with E-state index < -0.39 is 5.60 Å². The summed E-state index contributed by atoms with van der Waals surface area (Å²) in [6.45, 7) is 9.32. The number of ether oxygens (including phenoxy) is 1. The maximum atomic E-state index is 12.0. The van der Waals surface area contributed by atoms with Crippen LogP contribution < -0.4 is 4.74 Å². The molecule has 0 heterocycles. The van der Waals surface area contributed by atoms with Crippen molar-refractivity contribution in [2.75, 3.05) is 0 Å². The predicted octanol–water partition coefficient (Wildman–Crippen LogP) is 3.64. The van der Waals surface area contributed by atoms with Crippen LogP contribution in [0.15, 0.2) is 12.1 Å². The van der Waals surface area contributed by atoms with E-state index in [1.165, 1.54) is 0 Å². The van der Waals surface area contributed by atoms with Crippen LogP contribution in [0, 0.1) is 13.8 Å². The van der Waals surface area contributed by atoms with Crippen LogP contribution in [0.1, 0.15) is 55.1 Å². The molecule has 3 heteroatoms. The molecular weight excluding hydrogens is 240 g/mol. The first kappa shape index (κ1) is 15.4. The van der Waals surface area contributed by atoms with Crippen molar-refractivity contribution < 1.29 is 14.3 Å². The predicted molar refractivity (Wildman–Crippen MR) is 75.9 cm³/mol. The zero-order valence-corrected chi connectivity index (χ0v) is 12.4. The molecule has 0 amide bonds. The van der Waals surface area contributed by atoms with Crippen molar-refractivity contribution in [3.05, 3.63) is 28.8 Å². The lowest BCUT2D eigenvalue weighted by molar-refractivity contribution is -0.131. The van der Waals surface area contributed by atoms with Gasteiger partial charge in [0.25, 0.3) is 0 Å². The molecule has 0 atom stereocenters. The lowest BCUT2D eigenvalue weighted by Crippen LogP contribution is -2.38. The largest absolute Gasteiger partial charge is 0.480 e. The van der Waals surface area contributed by atoms with Crippen molar-refractivity contribution in [2.45, 2.75) is 53.1 Å². The highest BCUT2D eigenvalue weighted by Gasteiger charge is 2.29. The number of benzene rings is 1. The molecule has 0 aromatic heterocycles. The molecule has 0 radical (unpaired) electrons. The van der Waals surface area contributed by atoms with E-state index in [4.69, 9.17) is 4.74 Å². The number of hydrogen-bond donors (Lipinski definition) is 0. The molecule has 0 spiro atoms. The van der Waals surface area contributed by atoms with Crippen LogP contribution in [0.25, 0.3) is 0 Å². The van der Waals surface area contributed by atoms with Gasteiger partial charge in [0.1, 0.15) is 12.0 Å². The van der Waals surface area contributed by atoms with E-state index in [2.05, 4.69) is 0 Å². The first-order valence-electron chi connectivity index (χ1n) is 6.60. The number of hydrogen-bond acceptors (Lipinski definition) is 3. The summed E-state index contributed by atoms with van der Waals surface area (Å²) >= 11 is 0. The van der Waals surface area contributed by atoms with E-state index >= 15 is 0 Å². The summed E-state index contributed by atoms with van der Waals surface area (Å²) in [7, 11) is 0. The number of rotatable bonds is 6. The van der Waals surface area contributed by atoms with E-state index in [0.29, 0.717) is 17.7 Å².